The molecule has 2 saturated heterocycles. The molecule has 26 heavy (non-hydrogen) atoms. The maximum absolute atomic E-state index is 13.2. The number of hydrogen-bond donors (Lipinski definition) is 0. The van der Waals surface area contributed by atoms with Crippen LogP contribution in [0.3, 0.4) is 0 Å². The number of likely N-dealkylation sites (tertiary alicyclic amines) is 1. The van der Waals surface area contributed by atoms with E-state index in [0.29, 0.717) is 25.3 Å². The Morgan fingerprint density at radius 3 is 2.65 bits per heavy atom. The van der Waals surface area contributed by atoms with Crippen molar-refractivity contribution in [2.24, 2.45) is 5.92 Å². The van der Waals surface area contributed by atoms with Gasteiger partial charge in [-0.2, -0.15) is 0 Å². The summed E-state index contributed by atoms with van der Waals surface area (Å²) in [6.07, 6.45) is 8.12. The Hall–Kier alpha value is -2.11. The van der Waals surface area contributed by atoms with Gasteiger partial charge in [-0.05, 0) is 44.7 Å². The summed E-state index contributed by atoms with van der Waals surface area (Å²) in [6, 6.07) is 3.69. The number of esters is 1. The number of aromatic nitrogens is 1. The summed E-state index contributed by atoms with van der Waals surface area (Å²) in [5, 5.41) is 0. The molecule has 6 nitrogen and oxygen atoms in total. The monoisotopic (exact) mass is 359 g/mol. The molecule has 0 saturated carbocycles. The summed E-state index contributed by atoms with van der Waals surface area (Å²) >= 11 is 0. The molecule has 3 heterocycles. The minimum Gasteiger partial charge on any atom is -0.466 e. The third-order valence-corrected chi connectivity index (χ3v) is 5.25. The van der Waals surface area contributed by atoms with Gasteiger partial charge < -0.3 is 14.5 Å². The number of anilines is 1. The maximum atomic E-state index is 13.2. The first kappa shape index (κ1) is 18.7. The Balaban J connectivity index is 1.76. The van der Waals surface area contributed by atoms with Crippen LogP contribution in [-0.4, -0.2) is 54.5 Å². The van der Waals surface area contributed by atoms with E-state index in [9.17, 15) is 9.59 Å². The molecule has 0 spiro atoms. The fraction of sp³-hybridized carbons (Fsp3) is 0.650. The van der Waals surface area contributed by atoms with Crippen LogP contribution < -0.4 is 4.90 Å². The molecule has 0 bridgehead atoms. The minimum absolute atomic E-state index is 0.0219. The van der Waals surface area contributed by atoms with E-state index >= 15 is 0 Å². The summed E-state index contributed by atoms with van der Waals surface area (Å²) in [5.74, 6) is 0.360. The largest absolute Gasteiger partial charge is 0.466 e. The highest BCUT2D eigenvalue weighted by Crippen LogP contribution is 2.25. The maximum Gasteiger partial charge on any atom is 0.310 e. The smallest absolute Gasteiger partial charge is 0.310 e. The minimum atomic E-state index is -0.217. The second-order valence-corrected chi connectivity index (χ2v) is 7.12. The second kappa shape index (κ2) is 9.01. The van der Waals surface area contributed by atoms with Gasteiger partial charge >= 0.3 is 5.97 Å². The Kier molecular flexibility index (Phi) is 6.47. The standard InChI is InChI=1S/C20H29N3O3/c1-2-26-20(25)16-9-8-14-23(15-16)19(24)17-10-7-11-21-18(17)22-12-5-3-4-6-13-22/h7,10-11,16H,2-6,8-9,12-15H2,1H3. The number of amides is 1. The lowest BCUT2D eigenvalue weighted by Gasteiger charge is -2.32. The SMILES string of the molecule is CCOC(=O)C1CCCN(C(=O)c2cccnc2N2CCCCCC2)C1. The molecule has 2 aliphatic rings. The molecule has 1 atom stereocenters. The molecule has 1 aromatic rings. The Morgan fingerprint density at radius 2 is 1.92 bits per heavy atom. The van der Waals surface area contributed by atoms with E-state index in [4.69, 9.17) is 4.74 Å². The molecular formula is C20H29N3O3. The highest BCUT2D eigenvalue weighted by atomic mass is 16.5. The van der Waals surface area contributed by atoms with Crippen molar-refractivity contribution in [2.45, 2.75) is 45.4 Å². The van der Waals surface area contributed by atoms with E-state index in [2.05, 4.69) is 9.88 Å². The topological polar surface area (TPSA) is 62.7 Å². The van der Waals surface area contributed by atoms with Crippen LogP contribution >= 0.6 is 0 Å². The number of carbonyl (C=O) groups is 2. The van der Waals surface area contributed by atoms with Gasteiger partial charge in [0.05, 0.1) is 18.1 Å². The van der Waals surface area contributed by atoms with Crippen LogP contribution in [0.25, 0.3) is 0 Å². The van der Waals surface area contributed by atoms with Gasteiger partial charge in [0.1, 0.15) is 5.82 Å². The van der Waals surface area contributed by atoms with Gasteiger partial charge in [-0.1, -0.05) is 12.8 Å². The normalized spacial score (nSPS) is 21.2. The number of pyridine rings is 1. The third kappa shape index (κ3) is 4.34. The summed E-state index contributed by atoms with van der Waals surface area (Å²) in [6.45, 7) is 5.21. The van der Waals surface area contributed by atoms with Crippen molar-refractivity contribution in [1.29, 1.82) is 0 Å². The average Bonchev–Trinajstić information content (AvgIpc) is 2.97. The zero-order valence-corrected chi connectivity index (χ0v) is 15.7. The van der Waals surface area contributed by atoms with Gasteiger partial charge in [-0.25, -0.2) is 4.98 Å². The lowest BCUT2D eigenvalue weighted by atomic mass is 9.97. The first-order chi connectivity index (χ1) is 12.7. The predicted octanol–water partition coefficient (Wildman–Crippen LogP) is 2.88. The Morgan fingerprint density at radius 1 is 1.15 bits per heavy atom. The second-order valence-electron chi connectivity index (χ2n) is 7.12. The molecule has 1 aromatic heterocycles. The van der Waals surface area contributed by atoms with Crippen LogP contribution in [0.15, 0.2) is 18.3 Å². The molecule has 1 unspecified atom stereocenters. The lowest BCUT2D eigenvalue weighted by Crippen LogP contribution is -2.43. The van der Waals surface area contributed by atoms with Crippen LogP contribution in [0.2, 0.25) is 0 Å². The van der Waals surface area contributed by atoms with Gasteiger partial charge in [0.2, 0.25) is 0 Å². The van der Waals surface area contributed by atoms with Crippen molar-refractivity contribution in [3.05, 3.63) is 23.9 Å². The number of carbonyl (C=O) groups excluding carboxylic acids is 2. The number of piperidine rings is 1. The van der Waals surface area contributed by atoms with Gasteiger partial charge in [0, 0.05) is 32.4 Å². The Labute approximate surface area is 155 Å². The average molecular weight is 359 g/mol. The lowest BCUT2D eigenvalue weighted by molar-refractivity contribution is -0.149. The number of hydrogen-bond acceptors (Lipinski definition) is 5. The van der Waals surface area contributed by atoms with Crippen molar-refractivity contribution in [3.63, 3.8) is 0 Å². The van der Waals surface area contributed by atoms with Crippen molar-refractivity contribution in [3.8, 4) is 0 Å². The number of ether oxygens (including phenoxy) is 1. The van der Waals surface area contributed by atoms with E-state index in [-0.39, 0.29) is 17.8 Å². The van der Waals surface area contributed by atoms with Gasteiger partial charge in [-0.3, -0.25) is 9.59 Å². The van der Waals surface area contributed by atoms with Crippen molar-refractivity contribution in [1.82, 2.24) is 9.88 Å². The zero-order chi connectivity index (χ0) is 18.4. The summed E-state index contributed by atoms with van der Waals surface area (Å²) < 4.78 is 5.15. The fourth-order valence-electron chi connectivity index (χ4n) is 3.88. The molecule has 2 fully saturated rings. The number of rotatable bonds is 4. The molecule has 0 aromatic carbocycles. The molecule has 142 valence electrons. The van der Waals surface area contributed by atoms with Crippen LogP contribution in [0, 0.1) is 5.92 Å². The van der Waals surface area contributed by atoms with Crippen LogP contribution in [-0.2, 0) is 9.53 Å². The van der Waals surface area contributed by atoms with E-state index in [1.807, 2.05) is 19.1 Å². The van der Waals surface area contributed by atoms with Crippen molar-refractivity contribution >= 4 is 17.7 Å². The van der Waals surface area contributed by atoms with Crippen LogP contribution in [0.5, 0.6) is 0 Å². The molecule has 3 rings (SSSR count). The number of nitrogens with zero attached hydrogens (tertiary/aromatic N) is 3. The Bertz CT molecular complexity index is 626. The van der Waals surface area contributed by atoms with Gasteiger partial charge in [0.15, 0.2) is 0 Å². The van der Waals surface area contributed by atoms with E-state index < -0.39 is 0 Å². The van der Waals surface area contributed by atoms with Crippen molar-refractivity contribution < 1.29 is 14.3 Å². The van der Waals surface area contributed by atoms with E-state index in [1.165, 1.54) is 12.8 Å². The highest BCUT2D eigenvalue weighted by molar-refractivity contribution is 5.99. The van der Waals surface area contributed by atoms with Gasteiger partial charge in [-0.15, -0.1) is 0 Å². The fourth-order valence-corrected chi connectivity index (χ4v) is 3.88. The first-order valence-electron chi connectivity index (χ1n) is 9.86. The quantitative estimate of drug-likeness (QED) is 0.774. The summed E-state index contributed by atoms with van der Waals surface area (Å²) in [4.78, 5) is 33.8. The molecule has 6 heteroatoms. The molecule has 0 N–H and O–H groups in total. The summed E-state index contributed by atoms with van der Waals surface area (Å²) in [5.41, 5.74) is 0.652. The molecule has 2 aliphatic heterocycles. The summed E-state index contributed by atoms with van der Waals surface area (Å²) in [7, 11) is 0. The van der Waals surface area contributed by atoms with Crippen molar-refractivity contribution in [2.75, 3.05) is 37.7 Å². The van der Waals surface area contributed by atoms with Gasteiger partial charge in [0.25, 0.3) is 5.91 Å². The molecular weight excluding hydrogens is 330 g/mol. The predicted molar refractivity (Wildman–Crippen MR) is 100 cm³/mol. The third-order valence-electron chi connectivity index (χ3n) is 5.25. The van der Waals surface area contributed by atoms with Crippen LogP contribution in [0.1, 0.15) is 55.8 Å². The first-order valence-corrected chi connectivity index (χ1v) is 9.86. The highest BCUT2D eigenvalue weighted by Gasteiger charge is 2.31. The molecule has 0 aliphatic carbocycles. The zero-order valence-electron chi connectivity index (χ0n) is 15.7. The van der Waals surface area contributed by atoms with Crippen LogP contribution in [0.4, 0.5) is 5.82 Å². The molecule has 0 radical (unpaired) electrons. The molecule has 1 amide bonds. The van der Waals surface area contributed by atoms with E-state index in [1.54, 1.807) is 11.1 Å². The van der Waals surface area contributed by atoms with E-state index in [0.717, 1.165) is 44.6 Å².